The third-order valence-corrected chi connectivity index (χ3v) is 10.3. The maximum Gasteiger partial charge on any atom is 0.326 e. The molecule has 1 fully saturated rings. The Hall–Kier alpha value is -5.60. The van der Waals surface area contributed by atoms with Crippen molar-refractivity contribution in [2.75, 3.05) is 26.2 Å². The monoisotopic (exact) mass is 876 g/mol. The minimum absolute atomic E-state index is 0.00671. The summed E-state index contributed by atoms with van der Waals surface area (Å²) in [6, 6.07) is -6.19. The number of imidazole rings is 1. The van der Waals surface area contributed by atoms with Gasteiger partial charge in [0, 0.05) is 24.9 Å². The number of likely N-dealkylation sites (tertiary alicyclic amines) is 1. The van der Waals surface area contributed by atoms with Crippen molar-refractivity contribution in [3.05, 3.63) is 18.2 Å². The van der Waals surface area contributed by atoms with E-state index in [-0.39, 0.29) is 50.1 Å². The van der Waals surface area contributed by atoms with Gasteiger partial charge in [-0.15, -0.1) is 0 Å². The molecule has 1 aliphatic heterocycles. The number of aromatic nitrogens is 2. The first kappa shape index (κ1) is 52.5. The molecule has 2 rings (SSSR count). The van der Waals surface area contributed by atoms with Crippen LogP contribution in [0.5, 0.6) is 0 Å². The predicted octanol–water partition coefficient (Wildman–Crippen LogP) is -1.17. The van der Waals surface area contributed by atoms with Crippen LogP contribution in [-0.2, 0) is 49.6 Å². The van der Waals surface area contributed by atoms with E-state index in [9.17, 15) is 48.3 Å². The largest absolute Gasteiger partial charge is 0.480 e. The number of H-pyrrole nitrogens is 1. The maximum absolute atomic E-state index is 13.8. The molecule has 8 amide bonds. The second kappa shape index (κ2) is 26.0. The van der Waals surface area contributed by atoms with E-state index in [1.54, 1.807) is 13.8 Å². The smallest absolute Gasteiger partial charge is 0.326 e. The summed E-state index contributed by atoms with van der Waals surface area (Å²) in [5.41, 5.74) is 6.39. The van der Waals surface area contributed by atoms with Crippen molar-refractivity contribution >= 4 is 53.2 Å². The molecule has 2 heterocycles. The zero-order chi connectivity index (χ0) is 46.7. The topological polar surface area (TPSA) is 316 Å². The Morgan fingerprint density at radius 2 is 1.29 bits per heavy atom. The summed E-state index contributed by atoms with van der Waals surface area (Å²) in [5.74, 6) is -6.54. The summed E-state index contributed by atoms with van der Waals surface area (Å²) < 4.78 is 0. The number of carbonyl (C=O) groups excluding carboxylic acids is 8. The van der Waals surface area contributed by atoms with Crippen LogP contribution in [-0.4, -0.2) is 136 Å². The van der Waals surface area contributed by atoms with Crippen LogP contribution in [0.2, 0.25) is 0 Å². The van der Waals surface area contributed by atoms with Crippen molar-refractivity contribution < 1.29 is 48.3 Å². The quantitative estimate of drug-likeness (QED) is 0.0527. The first-order chi connectivity index (χ1) is 29.1. The first-order valence-corrected chi connectivity index (χ1v) is 21.4. The SMILES string of the molecule is CC[C@H](C)[C@H](NC(=O)CNC(=O)[C@H](CC(C)C)NC(=O)CNC(=O)[C@@H]1CCCN1C(=O)[C@H](CC(C)C)NC(=O)CNC(=O)[C@@H](N)CC(C)C)C(=O)N[C@@H](Cc1cnc[nH]1)C(=O)O. The lowest BCUT2D eigenvalue weighted by Gasteiger charge is -2.29. The van der Waals surface area contributed by atoms with Crippen molar-refractivity contribution in [2.24, 2.45) is 29.4 Å². The Balaban J connectivity index is 1.99. The number of nitrogens with zero attached hydrogens (tertiary/aromatic N) is 2. The van der Waals surface area contributed by atoms with Crippen LogP contribution < -0.4 is 43.0 Å². The molecule has 348 valence electrons. The molecule has 21 nitrogen and oxygen atoms in total. The molecular formula is C41H69N11O10. The molecule has 0 radical (unpaired) electrons. The zero-order valence-electron chi connectivity index (χ0n) is 37.3. The second-order valence-corrected chi connectivity index (χ2v) is 17.2. The van der Waals surface area contributed by atoms with E-state index in [1.807, 2.05) is 41.5 Å². The van der Waals surface area contributed by atoms with Gasteiger partial charge in [0.15, 0.2) is 0 Å². The van der Waals surface area contributed by atoms with E-state index in [1.165, 1.54) is 17.4 Å². The number of nitrogens with two attached hydrogens (primary N) is 1. The highest BCUT2D eigenvalue weighted by atomic mass is 16.4. The van der Waals surface area contributed by atoms with Crippen molar-refractivity contribution in [2.45, 2.75) is 137 Å². The van der Waals surface area contributed by atoms with Crippen LogP contribution >= 0.6 is 0 Å². The van der Waals surface area contributed by atoms with Gasteiger partial charge in [-0.3, -0.25) is 38.4 Å². The zero-order valence-corrected chi connectivity index (χ0v) is 37.3. The van der Waals surface area contributed by atoms with Crippen LogP contribution in [0.25, 0.3) is 0 Å². The van der Waals surface area contributed by atoms with Gasteiger partial charge < -0.3 is 57.9 Å². The number of carboxylic acid groups (broad SMARTS) is 1. The highest BCUT2D eigenvalue weighted by molar-refractivity contribution is 5.96. The summed E-state index contributed by atoms with van der Waals surface area (Å²) >= 11 is 0. The van der Waals surface area contributed by atoms with Gasteiger partial charge in [-0.05, 0) is 55.8 Å². The number of carboxylic acids is 1. The summed E-state index contributed by atoms with van der Waals surface area (Å²) in [5, 5.41) is 27.6. The minimum Gasteiger partial charge on any atom is -0.480 e. The molecule has 62 heavy (non-hydrogen) atoms. The Bertz CT molecular complexity index is 1690. The van der Waals surface area contributed by atoms with E-state index in [0.717, 1.165) is 0 Å². The van der Waals surface area contributed by atoms with E-state index >= 15 is 0 Å². The third-order valence-electron chi connectivity index (χ3n) is 10.3. The predicted molar refractivity (Wildman–Crippen MR) is 227 cm³/mol. The van der Waals surface area contributed by atoms with E-state index in [2.05, 4.69) is 47.2 Å². The molecule has 7 atom stereocenters. The van der Waals surface area contributed by atoms with Crippen molar-refractivity contribution in [1.29, 1.82) is 0 Å². The molecule has 21 heteroatoms. The molecule has 0 unspecified atom stereocenters. The molecule has 1 aliphatic rings. The summed E-state index contributed by atoms with van der Waals surface area (Å²) in [6.45, 7) is 13.6. The number of aromatic amines is 1. The van der Waals surface area contributed by atoms with Crippen molar-refractivity contribution in [1.82, 2.24) is 52.1 Å². The van der Waals surface area contributed by atoms with Gasteiger partial charge in [0.2, 0.25) is 47.3 Å². The fraction of sp³-hybridized carbons (Fsp3) is 0.707. The fourth-order valence-electron chi connectivity index (χ4n) is 6.88. The molecule has 0 spiro atoms. The lowest BCUT2D eigenvalue weighted by Crippen LogP contribution is -2.57. The lowest BCUT2D eigenvalue weighted by molar-refractivity contribution is -0.142. The van der Waals surface area contributed by atoms with Gasteiger partial charge >= 0.3 is 5.97 Å². The van der Waals surface area contributed by atoms with Gasteiger partial charge in [-0.2, -0.15) is 0 Å². The average molecular weight is 876 g/mol. The number of amides is 8. The summed E-state index contributed by atoms with van der Waals surface area (Å²) in [4.78, 5) is 125. The number of hydrogen-bond donors (Lipinski definition) is 10. The number of carbonyl (C=O) groups is 9. The Morgan fingerprint density at radius 1 is 0.742 bits per heavy atom. The Labute approximate surface area is 363 Å². The van der Waals surface area contributed by atoms with Gasteiger partial charge in [0.05, 0.1) is 32.0 Å². The van der Waals surface area contributed by atoms with Crippen LogP contribution in [0.15, 0.2) is 12.5 Å². The van der Waals surface area contributed by atoms with Crippen molar-refractivity contribution in [3.63, 3.8) is 0 Å². The Morgan fingerprint density at radius 3 is 1.84 bits per heavy atom. The van der Waals surface area contributed by atoms with Gasteiger partial charge in [-0.25, -0.2) is 9.78 Å². The molecule has 11 N–H and O–H groups in total. The molecule has 0 aromatic carbocycles. The maximum atomic E-state index is 13.8. The molecule has 1 aromatic rings. The standard InChI is InChI=1S/C41H69N11O10/c1-9-25(8)35(39(59)50-30(41(61)62)16-26-17-43-21-47-26)51-34(55)20-45-37(57)28(14-23(4)5)48-32(53)19-46-38(58)31-11-10-12-52(31)40(60)29(15-24(6)7)49-33(54)18-44-36(56)27(42)13-22(2)3/h17,21-25,27-31,35H,9-16,18-20,42H2,1-8H3,(H,43,47)(H,44,56)(H,45,57)(H,46,58)(H,48,53)(H,49,54)(H,50,59)(H,51,55)(H,61,62)/t25-,27-,28-,29-,30-,31-,35-/m0/s1. The minimum atomic E-state index is -1.30. The van der Waals surface area contributed by atoms with Gasteiger partial charge in [-0.1, -0.05) is 61.8 Å². The molecule has 0 aliphatic carbocycles. The van der Waals surface area contributed by atoms with E-state index in [4.69, 9.17) is 5.73 Å². The number of hydrogen-bond acceptors (Lipinski definition) is 11. The average Bonchev–Trinajstić information content (AvgIpc) is 3.91. The second-order valence-electron chi connectivity index (χ2n) is 17.2. The molecule has 0 saturated carbocycles. The van der Waals surface area contributed by atoms with Crippen LogP contribution in [0.3, 0.4) is 0 Å². The van der Waals surface area contributed by atoms with E-state index in [0.29, 0.717) is 31.4 Å². The fourth-order valence-corrected chi connectivity index (χ4v) is 6.88. The third kappa shape index (κ3) is 18.2. The highest BCUT2D eigenvalue weighted by Gasteiger charge is 2.38. The summed E-state index contributed by atoms with van der Waals surface area (Å²) in [6.07, 6.45) is 4.93. The number of rotatable bonds is 26. The van der Waals surface area contributed by atoms with Crippen LogP contribution in [0.1, 0.15) is 99.6 Å². The van der Waals surface area contributed by atoms with E-state index < -0.39 is 108 Å². The van der Waals surface area contributed by atoms with Crippen LogP contribution in [0, 0.1) is 23.7 Å². The molecule has 1 saturated heterocycles. The summed E-state index contributed by atoms with van der Waals surface area (Å²) in [7, 11) is 0. The first-order valence-electron chi connectivity index (χ1n) is 21.4. The van der Waals surface area contributed by atoms with Crippen molar-refractivity contribution in [3.8, 4) is 0 Å². The van der Waals surface area contributed by atoms with Gasteiger partial charge in [0.1, 0.15) is 30.2 Å². The molecule has 1 aromatic heterocycles. The molecular weight excluding hydrogens is 807 g/mol. The molecule has 0 bridgehead atoms. The normalized spacial score (nSPS) is 16.6. The van der Waals surface area contributed by atoms with Crippen LogP contribution in [0.4, 0.5) is 0 Å². The van der Waals surface area contributed by atoms with Gasteiger partial charge in [0.25, 0.3) is 0 Å². The number of aliphatic carboxylic acids is 1. The number of nitrogens with one attached hydrogen (secondary N) is 8. The highest BCUT2D eigenvalue weighted by Crippen LogP contribution is 2.21. The Kier molecular flexibility index (Phi) is 22.0. The lowest BCUT2D eigenvalue weighted by atomic mass is 9.97.